The van der Waals surface area contributed by atoms with Crippen LogP contribution in [0.4, 0.5) is 0 Å². The molecule has 3 nitrogen and oxygen atoms in total. The largest absolute Gasteiger partial charge is 0.423 e. The third-order valence-corrected chi connectivity index (χ3v) is 2.82. The first-order valence-electron chi connectivity index (χ1n) is 4.93. The SMILES string of the molecule is CC(=O)Oc1c(Cl)cc(Cl)c2ccc(C)nc12. The van der Waals surface area contributed by atoms with Gasteiger partial charge in [0.05, 0.1) is 10.0 Å². The van der Waals surface area contributed by atoms with Gasteiger partial charge in [-0.25, -0.2) is 4.98 Å². The molecule has 0 radical (unpaired) electrons. The molecule has 1 aromatic heterocycles. The maximum absolute atomic E-state index is 11.0. The van der Waals surface area contributed by atoms with Gasteiger partial charge in [-0.1, -0.05) is 23.2 Å². The lowest BCUT2D eigenvalue weighted by Crippen LogP contribution is -2.03. The van der Waals surface area contributed by atoms with Crippen molar-refractivity contribution in [3.63, 3.8) is 0 Å². The lowest BCUT2D eigenvalue weighted by molar-refractivity contribution is -0.131. The molecule has 0 unspecified atom stereocenters. The van der Waals surface area contributed by atoms with Crippen molar-refractivity contribution in [1.29, 1.82) is 0 Å². The summed E-state index contributed by atoms with van der Waals surface area (Å²) in [5.41, 5.74) is 1.29. The molecule has 0 aliphatic heterocycles. The zero-order valence-electron chi connectivity index (χ0n) is 9.25. The van der Waals surface area contributed by atoms with Crippen LogP contribution in [0, 0.1) is 6.92 Å². The molecule has 0 aliphatic rings. The van der Waals surface area contributed by atoms with Crippen LogP contribution in [0.25, 0.3) is 10.9 Å². The second kappa shape index (κ2) is 4.51. The molecule has 0 saturated carbocycles. The highest BCUT2D eigenvalue weighted by molar-refractivity contribution is 6.39. The molecule has 17 heavy (non-hydrogen) atoms. The van der Waals surface area contributed by atoms with E-state index < -0.39 is 5.97 Å². The highest BCUT2D eigenvalue weighted by Crippen LogP contribution is 2.37. The van der Waals surface area contributed by atoms with Crippen molar-refractivity contribution in [2.24, 2.45) is 0 Å². The van der Waals surface area contributed by atoms with E-state index >= 15 is 0 Å². The predicted molar refractivity (Wildman–Crippen MR) is 67.8 cm³/mol. The van der Waals surface area contributed by atoms with Gasteiger partial charge in [0.25, 0.3) is 0 Å². The van der Waals surface area contributed by atoms with Crippen LogP contribution in [0.15, 0.2) is 18.2 Å². The van der Waals surface area contributed by atoms with Gasteiger partial charge < -0.3 is 4.74 Å². The fourth-order valence-electron chi connectivity index (χ4n) is 1.53. The number of nitrogens with zero attached hydrogens (tertiary/aromatic N) is 1. The van der Waals surface area contributed by atoms with Crippen molar-refractivity contribution in [1.82, 2.24) is 4.98 Å². The quantitative estimate of drug-likeness (QED) is 0.584. The lowest BCUT2D eigenvalue weighted by Gasteiger charge is -2.09. The molecule has 0 saturated heterocycles. The standard InChI is InChI=1S/C12H9Cl2NO2/c1-6-3-4-8-9(13)5-10(14)12(11(8)15-6)17-7(2)16/h3-5H,1-2H3. The van der Waals surface area contributed by atoms with Crippen molar-refractivity contribution in [2.75, 3.05) is 0 Å². The summed E-state index contributed by atoms with van der Waals surface area (Å²) in [5.74, 6) is -0.193. The zero-order valence-corrected chi connectivity index (χ0v) is 10.8. The Hall–Kier alpha value is -1.32. The third-order valence-electron chi connectivity index (χ3n) is 2.22. The number of hydrogen-bond donors (Lipinski definition) is 0. The molecule has 2 aromatic rings. The predicted octanol–water partition coefficient (Wildman–Crippen LogP) is 3.78. The molecule has 0 spiro atoms. The fraction of sp³-hybridized carbons (Fsp3) is 0.167. The topological polar surface area (TPSA) is 39.2 Å². The van der Waals surface area contributed by atoms with Crippen LogP contribution in [0.3, 0.4) is 0 Å². The van der Waals surface area contributed by atoms with Crippen LogP contribution in [0.5, 0.6) is 5.75 Å². The monoisotopic (exact) mass is 269 g/mol. The van der Waals surface area contributed by atoms with Crippen LogP contribution in [0.2, 0.25) is 10.0 Å². The number of ether oxygens (including phenoxy) is 1. The molecule has 0 aliphatic carbocycles. The minimum atomic E-state index is -0.446. The summed E-state index contributed by atoms with van der Waals surface area (Å²) in [5, 5.41) is 1.46. The average Bonchev–Trinajstić information content (AvgIpc) is 2.23. The van der Waals surface area contributed by atoms with Gasteiger partial charge in [0, 0.05) is 18.0 Å². The highest BCUT2D eigenvalue weighted by atomic mass is 35.5. The number of rotatable bonds is 1. The van der Waals surface area contributed by atoms with E-state index in [0.717, 1.165) is 5.69 Å². The molecule has 2 rings (SSSR count). The number of carbonyl (C=O) groups is 1. The number of aryl methyl sites for hydroxylation is 1. The van der Waals surface area contributed by atoms with Crippen LogP contribution < -0.4 is 4.74 Å². The van der Waals surface area contributed by atoms with Crippen LogP contribution in [-0.4, -0.2) is 11.0 Å². The van der Waals surface area contributed by atoms with Gasteiger partial charge in [-0.2, -0.15) is 0 Å². The van der Waals surface area contributed by atoms with E-state index in [4.69, 9.17) is 27.9 Å². The molecule has 0 fully saturated rings. The summed E-state index contributed by atoms with van der Waals surface area (Å²) in [4.78, 5) is 15.3. The molecule has 5 heteroatoms. The van der Waals surface area contributed by atoms with Crippen LogP contribution in [0.1, 0.15) is 12.6 Å². The van der Waals surface area contributed by atoms with Crippen molar-refractivity contribution in [2.45, 2.75) is 13.8 Å². The summed E-state index contributed by atoms with van der Waals surface area (Å²) in [6, 6.07) is 5.20. The van der Waals surface area contributed by atoms with E-state index in [2.05, 4.69) is 4.98 Å². The Labute approximate surface area is 108 Å². The van der Waals surface area contributed by atoms with E-state index in [1.807, 2.05) is 19.1 Å². The minimum absolute atomic E-state index is 0.252. The number of aromatic nitrogens is 1. The molecule has 0 amide bonds. The van der Waals surface area contributed by atoms with E-state index in [1.165, 1.54) is 6.92 Å². The normalized spacial score (nSPS) is 10.6. The molecular formula is C12H9Cl2NO2. The maximum Gasteiger partial charge on any atom is 0.308 e. The molecule has 0 bridgehead atoms. The Morgan fingerprint density at radius 3 is 2.65 bits per heavy atom. The van der Waals surface area contributed by atoms with E-state index in [0.29, 0.717) is 15.9 Å². The summed E-state index contributed by atoms with van der Waals surface area (Å²) in [7, 11) is 0. The first kappa shape index (κ1) is 12.1. The second-order valence-corrected chi connectivity index (χ2v) is 4.43. The molecule has 88 valence electrons. The van der Waals surface area contributed by atoms with Gasteiger partial charge in [0.1, 0.15) is 5.52 Å². The highest BCUT2D eigenvalue weighted by Gasteiger charge is 2.14. The van der Waals surface area contributed by atoms with Gasteiger partial charge in [0.15, 0.2) is 5.75 Å². The molecule has 1 heterocycles. The summed E-state index contributed by atoms with van der Waals surface area (Å²) in [6.45, 7) is 3.15. The van der Waals surface area contributed by atoms with Gasteiger partial charge >= 0.3 is 5.97 Å². The maximum atomic E-state index is 11.0. The Morgan fingerprint density at radius 2 is 2.00 bits per heavy atom. The summed E-state index contributed by atoms with van der Waals surface area (Å²) >= 11 is 12.1. The Kier molecular flexibility index (Phi) is 3.22. The number of carbonyl (C=O) groups excluding carboxylic acids is 1. The fourth-order valence-corrected chi connectivity index (χ4v) is 2.09. The number of halogens is 2. The second-order valence-electron chi connectivity index (χ2n) is 3.61. The Morgan fingerprint density at radius 1 is 1.29 bits per heavy atom. The van der Waals surface area contributed by atoms with Gasteiger partial charge in [-0.15, -0.1) is 0 Å². The Balaban J connectivity index is 2.80. The molecular weight excluding hydrogens is 261 g/mol. The van der Waals surface area contributed by atoms with Crippen molar-refractivity contribution < 1.29 is 9.53 Å². The van der Waals surface area contributed by atoms with E-state index in [1.54, 1.807) is 6.07 Å². The van der Waals surface area contributed by atoms with Gasteiger partial charge in [-0.3, -0.25) is 4.79 Å². The van der Waals surface area contributed by atoms with Crippen molar-refractivity contribution in [3.05, 3.63) is 33.9 Å². The smallest absolute Gasteiger partial charge is 0.308 e. The number of benzene rings is 1. The zero-order chi connectivity index (χ0) is 12.6. The van der Waals surface area contributed by atoms with Crippen molar-refractivity contribution in [3.8, 4) is 5.75 Å². The van der Waals surface area contributed by atoms with Crippen LogP contribution in [-0.2, 0) is 4.79 Å². The average molecular weight is 270 g/mol. The third kappa shape index (κ3) is 2.35. The molecule has 0 N–H and O–H groups in total. The Bertz CT molecular complexity index is 611. The lowest BCUT2D eigenvalue weighted by atomic mass is 10.2. The number of hydrogen-bond acceptors (Lipinski definition) is 3. The van der Waals surface area contributed by atoms with Gasteiger partial charge in [-0.05, 0) is 25.1 Å². The van der Waals surface area contributed by atoms with E-state index in [9.17, 15) is 4.79 Å². The molecule has 1 aromatic carbocycles. The van der Waals surface area contributed by atoms with Gasteiger partial charge in [0.2, 0.25) is 0 Å². The van der Waals surface area contributed by atoms with Crippen molar-refractivity contribution >= 4 is 40.1 Å². The first-order valence-corrected chi connectivity index (χ1v) is 5.68. The van der Waals surface area contributed by atoms with E-state index in [-0.39, 0.29) is 10.8 Å². The number of fused-ring (bicyclic) bond motifs is 1. The summed E-state index contributed by atoms with van der Waals surface area (Å²) in [6.07, 6.45) is 0. The first-order chi connectivity index (χ1) is 7.99. The molecule has 0 atom stereocenters. The number of pyridine rings is 1. The summed E-state index contributed by atoms with van der Waals surface area (Å²) < 4.78 is 5.08. The van der Waals surface area contributed by atoms with Crippen LogP contribution >= 0.6 is 23.2 Å². The minimum Gasteiger partial charge on any atom is -0.423 e. The number of esters is 1.